The first-order valence-corrected chi connectivity index (χ1v) is 5.34. The number of anilines is 1. The van der Waals surface area contributed by atoms with Crippen molar-refractivity contribution in [2.75, 3.05) is 5.73 Å². The Morgan fingerprint density at radius 3 is 2.11 bits per heavy atom. The monoisotopic (exact) mass is 241 g/mol. The number of carbonyl (C=O) groups excluding carboxylic acids is 2. The zero-order valence-electron chi connectivity index (χ0n) is 9.50. The van der Waals surface area contributed by atoms with Gasteiger partial charge >= 0.3 is 11.9 Å². The summed E-state index contributed by atoms with van der Waals surface area (Å²) in [6, 6.07) is 14.7. The van der Waals surface area contributed by atoms with E-state index >= 15 is 0 Å². The van der Waals surface area contributed by atoms with Gasteiger partial charge in [-0.1, -0.05) is 30.3 Å². The Morgan fingerprint density at radius 2 is 1.44 bits per heavy atom. The van der Waals surface area contributed by atoms with Gasteiger partial charge in [0, 0.05) is 5.69 Å². The van der Waals surface area contributed by atoms with E-state index in [0.29, 0.717) is 5.56 Å². The van der Waals surface area contributed by atoms with Crippen LogP contribution in [0.4, 0.5) is 5.69 Å². The Morgan fingerprint density at radius 1 is 0.833 bits per heavy atom. The number of ether oxygens (including phenoxy) is 1. The molecule has 2 rings (SSSR count). The van der Waals surface area contributed by atoms with Gasteiger partial charge in [-0.2, -0.15) is 0 Å². The van der Waals surface area contributed by atoms with E-state index in [2.05, 4.69) is 0 Å². The van der Waals surface area contributed by atoms with Crippen LogP contribution in [0.3, 0.4) is 0 Å². The summed E-state index contributed by atoms with van der Waals surface area (Å²) in [4.78, 5) is 23.4. The Bertz CT molecular complexity index is 579. The van der Waals surface area contributed by atoms with Crippen LogP contribution in [0.2, 0.25) is 0 Å². The number of rotatable bonds is 2. The van der Waals surface area contributed by atoms with Crippen LogP contribution in [0.1, 0.15) is 20.7 Å². The maximum absolute atomic E-state index is 11.7. The van der Waals surface area contributed by atoms with Crippen molar-refractivity contribution in [2.45, 2.75) is 0 Å². The van der Waals surface area contributed by atoms with Crippen molar-refractivity contribution in [3.05, 3.63) is 65.7 Å². The molecule has 0 bridgehead atoms. The first-order chi connectivity index (χ1) is 8.68. The van der Waals surface area contributed by atoms with Gasteiger partial charge in [0.15, 0.2) is 0 Å². The second-order valence-corrected chi connectivity index (χ2v) is 3.63. The van der Waals surface area contributed by atoms with E-state index in [-0.39, 0.29) is 11.3 Å². The molecular formula is C14H11NO3. The van der Waals surface area contributed by atoms with Crippen molar-refractivity contribution in [1.29, 1.82) is 0 Å². The predicted octanol–water partition coefficient (Wildman–Crippen LogP) is 2.27. The number of hydrogen-bond acceptors (Lipinski definition) is 4. The second kappa shape index (κ2) is 5.14. The molecule has 0 aliphatic carbocycles. The first-order valence-electron chi connectivity index (χ1n) is 5.34. The van der Waals surface area contributed by atoms with Crippen molar-refractivity contribution < 1.29 is 14.3 Å². The highest BCUT2D eigenvalue weighted by molar-refractivity contribution is 6.04. The van der Waals surface area contributed by atoms with Crippen molar-refractivity contribution in [3.63, 3.8) is 0 Å². The van der Waals surface area contributed by atoms with Crippen molar-refractivity contribution in [2.24, 2.45) is 0 Å². The fraction of sp³-hybridized carbons (Fsp3) is 0. The van der Waals surface area contributed by atoms with E-state index in [4.69, 9.17) is 10.5 Å². The molecule has 0 fully saturated rings. The van der Waals surface area contributed by atoms with Crippen molar-refractivity contribution >= 4 is 17.6 Å². The summed E-state index contributed by atoms with van der Waals surface area (Å²) in [6.45, 7) is 0. The van der Waals surface area contributed by atoms with E-state index in [1.165, 1.54) is 6.07 Å². The Hall–Kier alpha value is -2.62. The summed E-state index contributed by atoms with van der Waals surface area (Å²) >= 11 is 0. The lowest BCUT2D eigenvalue weighted by Gasteiger charge is -2.05. The summed E-state index contributed by atoms with van der Waals surface area (Å²) in [7, 11) is 0. The fourth-order valence-corrected chi connectivity index (χ4v) is 1.46. The summed E-state index contributed by atoms with van der Waals surface area (Å²) in [5.74, 6) is -1.44. The fourth-order valence-electron chi connectivity index (χ4n) is 1.46. The topological polar surface area (TPSA) is 69.4 Å². The third-order valence-electron chi connectivity index (χ3n) is 2.38. The molecule has 0 spiro atoms. The molecule has 2 aromatic carbocycles. The van der Waals surface area contributed by atoms with Gasteiger partial charge in [0.25, 0.3) is 0 Å². The number of para-hydroxylation sites is 1. The van der Waals surface area contributed by atoms with Crippen LogP contribution >= 0.6 is 0 Å². The molecule has 4 nitrogen and oxygen atoms in total. The van der Waals surface area contributed by atoms with Crippen LogP contribution in [-0.2, 0) is 4.74 Å². The molecule has 0 atom stereocenters. The molecule has 2 N–H and O–H groups in total. The average Bonchev–Trinajstić information content (AvgIpc) is 2.40. The second-order valence-electron chi connectivity index (χ2n) is 3.63. The number of nitrogen functional groups attached to an aromatic ring is 1. The quantitative estimate of drug-likeness (QED) is 0.497. The van der Waals surface area contributed by atoms with Gasteiger partial charge in [-0.15, -0.1) is 0 Å². The predicted molar refractivity (Wildman–Crippen MR) is 67.0 cm³/mol. The summed E-state index contributed by atoms with van der Waals surface area (Å²) < 4.78 is 4.75. The maximum atomic E-state index is 11.7. The van der Waals surface area contributed by atoms with Crippen LogP contribution in [-0.4, -0.2) is 11.9 Å². The molecule has 0 amide bonds. The number of carbonyl (C=O) groups is 2. The van der Waals surface area contributed by atoms with E-state index in [0.717, 1.165) is 0 Å². The third-order valence-corrected chi connectivity index (χ3v) is 2.38. The highest BCUT2D eigenvalue weighted by Gasteiger charge is 2.16. The van der Waals surface area contributed by atoms with E-state index in [9.17, 15) is 9.59 Å². The van der Waals surface area contributed by atoms with Gasteiger partial charge in [-0.05, 0) is 24.3 Å². The minimum atomic E-state index is -0.748. The number of benzene rings is 2. The molecule has 2 aromatic rings. The van der Waals surface area contributed by atoms with E-state index < -0.39 is 11.9 Å². The Kier molecular flexibility index (Phi) is 3.38. The lowest BCUT2D eigenvalue weighted by atomic mass is 10.2. The lowest BCUT2D eigenvalue weighted by molar-refractivity contribution is 0.0398. The molecular weight excluding hydrogens is 230 g/mol. The molecule has 18 heavy (non-hydrogen) atoms. The lowest BCUT2D eigenvalue weighted by Crippen LogP contribution is -2.14. The van der Waals surface area contributed by atoms with Crippen molar-refractivity contribution in [1.82, 2.24) is 0 Å². The highest BCUT2D eigenvalue weighted by Crippen LogP contribution is 2.13. The third kappa shape index (κ3) is 2.55. The number of hydrogen-bond donors (Lipinski definition) is 1. The average molecular weight is 241 g/mol. The zero-order valence-corrected chi connectivity index (χ0v) is 9.50. The molecule has 0 aliphatic rings. The highest BCUT2D eigenvalue weighted by atomic mass is 16.6. The summed E-state index contributed by atoms with van der Waals surface area (Å²) in [5.41, 5.74) is 6.41. The zero-order chi connectivity index (χ0) is 13.0. The molecule has 0 unspecified atom stereocenters. The number of nitrogens with two attached hydrogens (primary N) is 1. The van der Waals surface area contributed by atoms with Gasteiger partial charge in [0.2, 0.25) is 0 Å². The minimum absolute atomic E-state index is 0.182. The van der Waals surface area contributed by atoms with E-state index in [1.54, 1.807) is 48.5 Å². The normalized spacial score (nSPS) is 9.78. The van der Waals surface area contributed by atoms with Gasteiger partial charge in [0.05, 0.1) is 11.1 Å². The standard InChI is InChI=1S/C14H11NO3/c15-12-9-5-4-8-11(12)14(17)18-13(16)10-6-2-1-3-7-10/h1-9H,15H2. The largest absolute Gasteiger partial charge is 0.398 e. The molecule has 0 aromatic heterocycles. The molecule has 0 saturated carbocycles. The summed E-state index contributed by atoms with van der Waals surface area (Å²) in [6.07, 6.45) is 0. The van der Waals surface area contributed by atoms with Gasteiger partial charge in [-0.25, -0.2) is 9.59 Å². The van der Waals surface area contributed by atoms with Crippen LogP contribution in [0, 0.1) is 0 Å². The molecule has 4 heteroatoms. The number of esters is 2. The Balaban J connectivity index is 2.14. The van der Waals surface area contributed by atoms with Gasteiger partial charge in [0.1, 0.15) is 0 Å². The van der Waals surface area contributed by atoms with Crippen LogP contribution in [0.15, 0.2) is 54.6 Å². The molecule has 0 saturated heterocycles. The SMILES string of the molecule is Nc1ccccc1C(=O)OC(=O)c1ccccc1. The molecule has 0 heterocycles. The minimum Gasteiger partial charge on any atom is -0.398 e. The van der Waals surface area contributed by atoms with E-state index in [1.807, 2.05) is 0 Å². The Labute approximate surface area is 104 Å². The molecule has 90 valence electrons. The van der Waals surface area contributed by atoms with Crippen molar-refractivity contribution in [3.8, 4) is 0 Å². The molecule has 0 radical (unpaired) electrons. The van der Waals surface area contributed by atoms with Crippen LogP contribution in [0.5, 0.6) is 0 Å². The van der Waals surface area contributed by atoms with Crippen LogP contribution in [0.25, 0.3) is 0 Å². The smallest absolute Gasteiger partial charge is 0.348 e. The van der Waals surface area contributed by atoms with Crippen LogP contribution < -0.4 is 5.73 Å². The van der Waals surface area contributed by atoms with Gasteiger partial charge < -0.3 is 10.5 Å². The first kappa shape index (κ1) is 11.9. The maximum Gasteiger partial charge on any atom is 0.348 e. The summed E-state index contributed by atoms with van der Waals surface area (Å²) in [5, 5.41) is 0. The molecule has 0 aliphatic heterocycles. The van der Waals surface area contributed by atoms with Gasteiger partial charge in [-0.3, -0.25) is 0 Å².